The summed E-state index contributed by atoms with van der Waals surface area (Å²) in [6.45, 7) is 6.81. The van der Waals surface area contributed by atoms with Crippen LogP contribution in [0.4, 0.5) is 4.79 Å². The van der Waals surface area contributed by atoms with Crippen LogP contribution in [-0.2, 0) is 9.59 Å². The smallest absolute Gasteiger partial charge is 0.323 e. The molecule has 0 bridgehead atoms. The number of imide groups is 1. The predicted molar refractivity (Wildman–Crippen MR) is 58.8 cm³/mol. The van der Waals surface area contributed by atoms with Crippen molar-refractivity contribution in [2.24, 2.45) is 0 Å². The lowest BCUT2D eigenvalue weighted by atomic mass is 9.98. The normalized spacial score (nSPS) is 26.9. The molecule has 0 spiro atoms. The minimum Gasteiger partial charge on any atom is -0.323 e. The standard InChI is InChI=1S/C11H18N2O3/c1-5-8(14)7(3)13-9(15)11(4,6-2)12-10(13)16/h7H,5-6H2,1-4H3,(H,12,16). The van der Waals surface area contributed by atoms with Crippen LogP contribution in [0.3, 0.4) is 0 Å². The first-order valence-corrected chi connectivity index (χ1v) is 5.56. The SMILES string of the molecule is CCC(=O)C(C)N1C(=O)NC(C)(CC)C1=O. The van der Waals surface area contributed by atoms with Gasteiger partial charge in [0, 0.05) is 6.42 Å². The topological polar surface area (TPSA) is 66.5 Å². The van der Waals surface area contributed by atoms with Gasteiger partial charge in [0.05, 0.1) is 6.04 Å². The van der Waals surface area contributed by atoms with Gasteiger partial charge >= 0.3 is 6.03 Å². The predicted octanol–water partition coefficient (Wildman–Crippen LogP) is 1.07. The molecule has 90 valence electrons. The molecule has 1 N–H and O–H groups in total. The molecule has 0 saturated carbocycles. The molecule has 1 heterocycles. The molecule has 2 atom stereocenters. The van der Waals surface area contributed by atoms with E-state index >= 15 is 0 Å². The lowest BCUT2D eigenvalue weighted by Gasteiger charge is -2.22. The Morgan fingerprint density at radius 2 is 2.00 bits per heavy atom. The Kier molecular flexibility index (Phi) is 3.35. The molecule has 5 heteroatoms. The van der Waals surface area contributed by atoms with Crippen LogP contribution < -0.4 is 5.32 Å². The highest BCUT2D eigenvalue weighted by molar-refractivity contribution is 6.09. The first-order valence-electron chi connectivity index (χ1n) is 5.56. The molecule has 0 radical (unpaired) electrons. The van der Waals surface area contributed by atoms with E-state index in [1.807, 2.05) is 6.92 Å². The fourth-order valence-corrected chi connectivity index (χ4v) is 1.74. The van der Waals surface area contributed by atoms with Gasteiger partial charge in [-0.2, -0.15) is 0 Å². The first-order chi connectivity index (χ1) is 7.37. The second-order valence-electron chi connectivity index (χ2n) is 4.29. The first kappa shape index (κ1) is 12.7. The van der Waals surface area contributed by atoms with Crippen LogP contribution >= 0.6 is 0 Å². The minimum atomic E-state index is -0.862. The average molecular weight is 226 g/mol. The van der Waals surface area contributed by atoms with Crippen molar-refractivity contribution in [3.05, 3.63) is 0 Å². The molecule has 0 aromatic rings. The molecular formula is C11H18N2O3. The van der Waals surface area contributed by atoms with Gasteiger partial charge in [-0.15, -0.1) is 0 Å². The van der Waals surface area contributed by atoms with Gasteiger partial charge in [0.15, 0.2) is 5.78 Å². The third-order valence-electron chi connectivity index (χ3n) is 3.20. The van der Waals surface area contributed by atoms with Crippen LogP contribution in [0.15, 0.2) is 0 Å². The number of rotatable bonds is 4. The van der Waals surface area contributed by atoms with Gasteiger partial charge in [-0.3, -0.25) is 14.5 Å². The largest absolute Gasteiger partial charge is 0.325 e. The molecule has 1 fully saturated rings. The Hall–Kier alpha value is -1.39. The third-order valence-corrected chi connectivity index (χ3v) is 3.20. The van der Waals surface area contributed by atoms with E-state index in [1.165, 1.54) is 0 Å². The van der Waals surface area contributed by atoms with Crippen molar-refractivity contribution in [3.8, 4) is 0 Å². The van der Waals surface area contributed by atoms with Gasteiger partial charge in [0.25, 0.3) is 5.91 Å². The highest BCUT2D eigenvalue weighted by Gasteiger charge is 2.49. The van der Waals surface area contributed by atoms with E-state index in [2.05, 4.69) is 5.32 Å². The van der Waals surface area contributed by atoms with Crippen molar-refractivity contribution in [2.45, 2.75) is 52.1 Å². The number of nitrogens with zero attached hydrogens (tertiary/aromatic N) is 1. The summed E-state index contributed by atoms with van der Waals surface area (Å²) in [5.41, 5.74) is -0.862. The fourth-order valence-electron chi connectivity index (χ4n) is 1.74. The summed E-state index contributed by atoms with van der Waals surface area (Å²) >= 11 is 0. The second-order valence-corrected chi connectivity index (χ2v) is 4.29. The van der Waals surface area contributed by atoms with E-state index in [0.29, 0.717) is 12.8 Å². The summed E-state index contributed by atoms with van der Waals surface area (Å²) in [5, 5.41) is 2.62. The van der Waals surface area contributed by atoms with Crippen LogP contribution in [0.1, 0.15) is 40.5 Å². The Morgan fingerprint density at radius 1 is 1.44 bits per heavy atom. The van der Waals surface area contributed by atoms with Gasteiger partial charge < -0.3 is 5.32 Å². The van der Waals surface area contributed by atoms with Crippen LogP contribution in [0.5, 0.6) is 0 Å². The van der Waals surface area contributed by atoms with Gasteiger partial charge in [-0.25, -0.2) is 4.79 Å². The van der Waals surface area contributed by atoms with E-state index in [0.717, 1.165) is 4.90 Å². The van der Waals surface area contributed by atoms with E-state index in [-0.39, 0.29) is 11.7 Å². The number of hydrogen-bond acceptors (Lipinski definition) is 3. The number of urea groups is 1. The van der Waals surface area contributed by atoms with E-state index in [1.54, 1.807) is 20.8 Å². The maximum Gasteiger partial charge on any atom is 0.325 e. The van der Waals surface area contributed by atoms with E-state index < -0.39 is 17.6 Å². The molecule has 0 aromatic carbocycles. The number of hydrogen-bond donors (Lipinski definition) is 1. The van der Waals surface area contributed by atoms with Crippen molar-refractivity contribution in [3.63, 3.8) is 0 Å². The van der Waals surface area contributed by atoms with Crippen molar-refractivity contribution in [2.75, 3.05) is 0 Å². The number of ketones is 1. The fraction of sp³-hybridized carbons (Fsp3) is 0.727. The summed E-state index contributed by atoms with van der Waals surface area (Å²) in [5.74, 6) is -0.418. The van der Waals surface area contributed by atoms with Crippen LogP contribution in [0.25, 0.3) is 0 Å². The molecule has 2 unspecified atom stereocenters. The zero-order chi connectivity index (χ0) is 12.5. The lowest BCUT2D eigenvalue weighted by molar-refractivity contribution is -0.136. The Labute approximate surface area is 95.2 Å². The molecule has 0 aliphatic carbocycles. The molecule has 5 nitrogen and oxygen atoms in total. The van der Waals surface area contributed by atoms with Gasteiger partial charge in [-0.05, 0) is 20.3 Å². The summed E-state index contributed by atoms with van der Waals surface area (Å²) in [4.78, 5) is 36.2. The molecular weight excluding hydrogens is 208 g/mol. The number of carbonyl (C=O) groups is 3. The monoisotopic (exact) mass is 226 g/mol. The minimum absolute atomic E-state index is 0.108. The third kappa shape index (κ3) is 1.81. The zero-order valence-electron chi connectivity index (χ0n) is 10.2. The molecule has 1 saturated heterocycles. The Morgan fingerprint density at radius 3 is 2.38 bits per heavy atom. The molecule has 1 rings (SSSR count). The van der Waals surface area contributed by atoms with Crippen LogP contribution in [-0.4, -0.2) is 34.2 Å². The Balaban J connectivity index is 2.95. The zero-order valence-corrected chi connectivity index (χ0v) is 10.2. The van der Waals surface area contributed by atoms with Crippen molar-refractivity contribution in [1.82, 2.24) is 10.2 Å². The Bertz CT molecular complexity index is 340. The summed E-state index contributed by atoms with van der Waals surface area (Å²) in [6, 6.07) is -1.14. The summed E-state index contributed by atoms with van der Waals surface area (Å²) in [7, 11) is 0. The number of Topliss-reactive ketones (excluding diaryl/α,β-unsaturated/α-hetero) is 1. The summed E-state index contributed by atoms with van der Waals surface area (Å²) in [6.07, 6.45) is 0.835. The maximum atomic E-state index is 12.0. The molecule has 1 aliphatic heterocycles. The molecule has 16 heavy (non-hydrogen) atoms. The molecule has 3 amide bonds. The van der Waals surface area contributed by atoms with Gasteiger partial charge in [0.1, 0.15) is 5.54 Å². The highest BCUT2D eigenvalue weighted by atomic mass is 16.2. The van der Waals surface area contributed by atoms with E-state index in [4.69, 9.17) is 0 Å². The van der Waals surface area contributed by atoms with E-state index in [9.17, 15) is 14.4 Å². The van der Waals surface area contributed by atoms with Crippen molar-refractivity contribution in [1.29, 1.82) is 0 Å². The summed E-state index contributed by atoms with van der Waals surface area (Å²) < 4.78 is 0. The molecule has 1 aliphatic rings. The second kappa shape index (κ2) is 4.23. The highest BCUT2D eigenvalue weighted by Crippen LogP contribution is 2.23. The van der Waals surface area contributed by atoms with Crippen molar-refractivity contribution >= 4 is 17.7 Å². The van der Waals surface area contributed by atoms with Crippen molar-refractivity contribution < 1.29 is 14.4 Å². The van der Waals surface area contributed by atoms with Gasteiger partial charge in [-0.1, -0.05) is 13.8 Å². The number of nitrogens with one attached hydrogen (secondary N) is 1. The quantitative estimate of drug-likeness (QED) is 0.729. The number of carbonyl (C=O) groups excluding carboxylic acids is 3. The average Bonchev–Trinajstić information content (AvgIpc) is 2.49. The van der Waals surface area contributed by atoms with Gasteiger partial charge in [0.2, 0.25) is 0 Å². The van der Waals surface area contributed by atoms with Crippen LogP contribution in [0.2, 0.25) is 0 Å². The molecule has 0 aromatic heterocycles. The maximum absolute atomic E-state index is 12.0. The lowest BCUT2D eigenvalue weighted by Crippen LogP contribution is -2.46. The number of amides is 3. The van der Waals surface area contributed by atoms with Crippen LogP contribution in [0, 0.1) is 0 Å².